The minimum Gasteiger partial charge on any atom is -0.465 e. The monoisotopic (exact) mass is 456 g/mol. The predicted octanol–water partition coefficient (Wildman–Crippen LogP) is 4.60. The zero-order valence-electron chi connectivity index (χ0n) is 16.6. The first-order valence-electron chi connectivity index (χ1n) is 9.39. The van der Waals surface area contributed by atoms with Crippen LogP contribution in [-0.2, 0) is 22.2 Å². The number of urea groups is 1. The molecule has 31 heavy (non-hydrogen) atoms. The van der Waals surface area contributed by atoms with Crippen molar-refractivity contribution in [3.8, 4) is 0 Å². The molecule has 2 aromatic rings. The van der Waals surface area contributed by atoms with Gasteiger partial charge in [-0.1, -0.05) is 23.7 Å². The zero-order chi connectivity index (χ0) is 22.6. The van der Waals surface area contributed by atoms with Crippen molar-refractivity contribution in [2.75, 3.05) is 38.3 Å². The number of carbonyl (C=O) groups excluding carboxylic acids is 2. The Morgan fingerprint density at radius 1 is 1.13 bits per heavy atom. The molecule has 0 atom stereocenters. The van der Waals surface area contributed by atoms with Gasteiger partial charge in [0, 0.05) is 18.8 Å². The highest BCUT2D eigenvalue weighted by Gasteiger charge is 2.34. The van der Waals surface area contributed by atoms with Crippen LogP contribution in [0.4, 0.5) is 23.7 Å². The maximum absolute atomic E-state index is 13.4. The number of hydrogen-bond donors (Lipinski definition) is 0. The minimum absolute atomic E-state index is 0.00340. The summed E-state index contributed by atoms with van der Waals surface area (Å²) in [7, 11) is 1.26. The molecule has 0 N–H and O–H groups in total. The molecule has 166 valence electrons. The molecule has 0 unspecified atom stereocenters. The lowest BCUT2D eigenvalue weighted by molar-refractivity contribution is -0.137. The van der Waals surface area contributed by atoms with E-state index in [2.05, 4.69) is 4.74 Å². The number of hydrogen-bond acceptors (Lipinski definition) is 4. The van der Waals surface area contributed by atoms with E-state index in [-0.39, 0.29) is 12.2 Å². The highest BCUT2D eigenvalue weighted by atomic mass is 35.5. The molecule has 1 saturated heterocycles. The minimum atomic E-state index is -4.66. The topological polar surface area (TPSA) is 59.1 Å². The second-order valence-electron chi connectivity index (χ2n) is 6.82. The maximum atomic E-state index is 13.4. The highest BCUT2D eigenvalue weighted by molar-refractivity contribution is 6.31. The van der Waals surface area contributed by atoms with Crippen molar-refractivity contribution in [3.05, 3.63) is 64.2 Å². The maximum Gasteiger partial charge on any atom is 0.417 e. The predicted molar refractivity (Wildman–Crippen MR) is 108 cm³/mol. The van der Waals surface area contributed by atoms with E-state index in [1.54, 1.807) is 12.1 Å². The summed E-state index contributed by atoms with van der Waals surface area (Å²) in [4.78, 5) is 27.6. The van der Waals surface area contributed by atoms with Crippen LogP contribution >= 0.6 is 11.6 Å². The summed E-state index contributed by atoms with van der Waals surface area (Å²) in [5, 5.41) is -0.447. The zero-order valence-corrected chi connectivity index (χ0v) is 17.4. The molecule has 2 amide bonds. The molecule has 10 heteroatoms. The number of halogens is 4. The molecule has 0 bridgehead atoms. The first-order valence-corrected chi connectivity index (χ1v) is 9.76. The molecule has 1 aliphatic rings. The summed E-state index contributed by atoms with van der Waals surface area (Å²) < 4.78 is 50.0. The Hall–Kier alpha value is -2.78. The van der Waals surface area contributed by atoms with Gasteiger partial charge in [-0.3, -0.25) is 4.90 Å². The summed E-state index contributed by atoms with van der Waals surface area (Å²) in [5.74, 6) is -0.514. The average molecular weight is 457 g/mol. The van der Waals surface area contributed by atoms with E-state index in [9.17, 15) is 22.8 Å². The van der Waals surface area contributed by atoms with Crippen molar-refractivity contribution in [2.45, 2.75) is 12.7 Å². The van der Waals surface area contributed by atoms with Crippen molar-refractivity contribution in [2.24, 2.45) is 0 Å². The fourth-order valence-corrected chi connectivity index (χ4v) is 3.36. The van der Waals surface area contributed by atoms with Gasteiger partial charge in [-0.25, -0.2) is 9.59 Å². The van der Waals surface area contributed by atoms with Crippen LogP contribution in [0, 0.1) is 0 Å². The number of esters is 1. The Morgan fingerprint density at radius 3 is 2.35 bits per heavy atom. The van der Waals surface area contributed by atoms with E-state index in [1.807, 2.05) is 0 Å². The lowest BCUT2D eigenvalue weighted by atomic mass is 10.1. The molecule has 1 heterocycles. The van der Waals surface area contributed by atoms with Gasteiger partial charge in [-0.2, -0.15) is 13.2 Å². The molecule has 0 radical (unpaired) electrons. The highest BCUT2D eigenvalue weighted by Crippen LogP contribution is 2.37. The number of morpholine rings is 1. The SMILES string of the molecule is COC(=O)c1ccc(CN(C(=O)N2CCOCC2)c2ccc(Cl)c(C(F)(F)F)c2)cc1. The van der Waals surface area contributed by atoms with Gasteiger partial charge in [0.25, 0.3) is 0 Å². The number of amides is 2. The van der Waals surface area contributed by atoms with Gasteiger partial charge in [0.1, 0.15) is 0 Å². The average Bonchev–Trinajstić information content (AvgIpc) is 2.77. The van der Waals surface area contributed by atoms with Crippen molar-refractivity contribution >= 4 is 29.3 Å². The number of ether oxygens (including phenoxy) is 2. The molecule has 0 aliphatic carbocycles. The summed E-state index contributed by atoms with van der Waals surface area (Å²) in [6.07, 6.45) is -4.66. The van der Waals surface area contributed by atoms with Crippen LogP contribution < -0.4 is 4.90 Å². The number of rotatable bonds is 4. The van der Waals surface area contributed by atoms with E-state index in [1.165, 1.54) is 35.1 Å². The van der Waals surface area contributed by atoms with Gasteiger partial charge in [0.2, 0.25) is 0 Å². The number of alkyl halides is 3. The molecule has 2 aromatic carbocycles. The molecule has 0 spiro atoms. The Morgan fingerprint density at radius 2 is 1.77 bits per heavy atom. The van der Waals surface area contributed by atoms with Crippen molar-refractivity contribution in [1.29, 1.82) is 0 Å². The van der Waals surface area contributed by atoms with Crippen LogP contribution in [0.2, 0.25) is 5.02 Å². The number of anilines is 1. The Kier molecular flexibility index (Phi) is 7.07. The lowest BCUT2D eigenvalue weighted by Crippen LogP contribution is -2.48. The second-order valence-corrected chi connectivity index (χ2v) is 7.23. The van der Waals surface area contributed by atoms with Gasteiger partial charge in [0.15, 0.2) is 0 Å². The quantitative estimate of drug-likeness (QED) is 0.631. The molecule has 1 fully saturated rings. The van der Waals surface area contributed by atoms with Crippen LogP contribution in [0.25, 0.3) is 0 Å². The van der Waals surface area contributed by atoms with Crippen LogP contribution in [0.1, 0.15) is 21.5 Å². The molecular weight excluding hydrogens is 437 g/mol. The molecule has 6 nitrogen and oxygen atoms in total. The normalized spacial score (nSPS) is 14.3. The number of methoxy groups -OCH3 is 1. The summed E-state index contributed by atoms with van der Waals surface area (Å²) in [5.41, 5.74) is -0.0151. The van der Waals surface area contributed by atoms with E-state index in [0.717, 1.165) is 12.1 Å². The fraction of sp³-hybridized carbons (Fsp3) is 0.333. The smallest absolute Gasteiger partial charge is 0.417 e. The van der Waals surface area contributed by atoms with Gasteiger partial charge < -0.3 is 14.4 Å². The van der Waals surface area contributed by atoms with Gasteiger partial charge >= 0.3 is 18.2 Å². The molecule has 1 aliphatic heterocycles. The van der Waals surface area contributed by atoms with E-state index in [4.69, 9.17) is 16.3 Å². The number of carbonyl (C=O) groups is 2. The van der Waals surface area contributed by atoms with Gasteiger partial charge in [-0.15, -0.1) is 0 Å². The third-order valence-electron chi connectivity index (χ3n) is 4.80. The summed E-state index contributed by atoms with van der Waals surface area (Å²) >= 11 is 5.74. The van der Waals surface area contributed by atoms with Crippen LogP contribution in [0.5, 0.6) is 0 Å². The van der Waals surface area contributed by atoms with Crippen LogP contribution in [0.3, 0.4) is 0 Å². The first kappa shape index (κ1) is 22.9. The van der Waals surface area contributed by atoms with E-state index >= 15 is 0 Å². The molecule has 0 aromatic heterocycles. The summed E-state index contributed by atoms with van der Waals surface area (Å²) in [6.45, 7) is 1.35. The van der Waals surface area contributed by atoms with Crippen LogP contribution in [0.15, 0.2) is 42.5 Å². The third-order valence-corrected chi connectivity index (χ3v) is 5.12. The third kappa shape index (κ3) is 5.48. The van der Waals surface area contributed by atoms with E-state index in [0.29, 0.717) is 37.4 Å². The largest absolute Gasteiger partial charge is 0.465 e. The summed E-state index contributed by atoms with van der Waals surface area (Å²) in [6, 6.07) is 9.21. The van der Waals surface area contributed by atoms with Crippen molar-refractivity contribution < 1.29 is 32.2 Å². The van der Waals surface area contributed by atoms with Gasteiger partial charge in [-0.05, 0) is 35.9 Å². The van der Waals surface area contributed by atoms with Crippen molar-refractivity contribution in [3.63, 3.8) is 0 Å². The van der Waals surface area contributed by atoms with Crippen molar-refractivity contribution in [1.82, 2.24) is 4.90 Å². The molecule has 3 rings (SSSR count). The second kappa shape index (κ2) is 9.57. The van der Waals surface area contributed by atoms with Crippen LogP contribution in [-0.4, -0.2) is 50.3 Å². The van der Waals surface area contributed by atoms with E-state index < -0.39 is 28.8 Å². The fourth-order valence-electron chi connectivity index (χ4n) is 3.14. The Labute approximate surface area is 182 Å². The molecular formula is C21H20ClF3N2O4. The standard InChI is InChI=1S/C21H20ClF3N2O4/c1-30-19(28)15-4-2-14(3-5-15)13-27(20(29)26-8-10-31-11-9-26)16-6-7-18(22)17(12-16)21(23,24)25/h2-7,12H,8-11,13H2,1H3. The first-order chi connectivity index (χ1) is 14.7. The Balaban J connectivity index is 1.95. The number of nitrogens with zero attached hydrogens (tertiary/aromatic N) is 2. The number of benzene rings is 2. The molecule has 0 saturated carbocycles. The van der Waals surface area contributed by atoms with Gasteiger partial charge in [0.05, 0.1) is 43.0 Å². The lowest BCUT2D eigenvalue weighted by Gasteiger charge is -2.33. The Bertz CT molecular complexity index is 945.